The van der Waals surface area contributed by atoms with Gasteiger partial charge in [-0.15, -0.1) is 10.1 Å². The van der Waals surface area contributed by atoms with Crippen molar-refractivity contribution in [2.45, 2.75) is 33.2 Å². The first-order valence-electron chi connectivity index (χ1n) is 6.48. The number of esters is 1. The summed E-state index contributed by atoms with van der Waals surface area (Å²) in [6, 6.07) is -0.764. The zero-order valence-corrected chi connectivity index (χ0v) is 13.5. The van der Waals surface area contributed by atoms with Crippen molar-refractivity contribution in [1.29, 1.82) is 0 Å². The van der Waals surface area contributed by atoms with Gasteiger partial charge in [0.2, 0.25) is 5.91 Å². The lowest BCUT2D eigenvalue weighted by molar-refractivity contribution is -0.760. The van der Waals surface area contributed by atoms with Gasteiger partial charge in [0.05, 0.1) is 12.0 Å². The molecule has 0 aliphatic rings. The summed E-state index contributed by atoms with van der Waals surface area (Å²) < 4.78 is 4.91. The Hall–Kier alpha value is -1.51. The van der Waals surface area contributed by atoms with Crippen molar-refractivity contribution in [2.24, 2.45) is 5.41 Å². The van der Waals surface area contributed by atoms with Gasteiger partial charge in [0.25, 0.3) is 5.09 Å². The van der Waals surface area contributed by atoms with Crippen LogP contribution in [-0.2, 0) is 19.2 Å². The Morgan fingerprint density at radius 2 is 2.05 bits per heavy atom. The second-order valence-electron chi connectivity index (χ2n) is 4.94. The van der Waals surface area contributed by atoms with Crippen LogP contribution in [0.3, 0.4) is 0 Å². The molecule has 8 nitrogen and oxygen atoms in total. The Balaban J connectivity index is 4.69. The SMILES string of the molecule is CCOC(=O)C(CCSC)NC(=O)C(C)(C)CO[N+](=O)[O-]. The van der Waals surface area contributed by atoms with E-state index in [2.05, 4.69) is 10.2 Å². The molecule has 122 valence electrons. The van der Waals surface area contributed by atoms with Gasteiger partial charge < -0.3 is 14.9 Å². The van der Waals surface area contributed by atoms with Crippen molar-refractivity contribution in [2.75, 3.05) is 25.2 Å². The molecule has 0 spiro atoms. The van der Waals surface area contributed by atoms with Gasteiger partial charge in [-0.25, -0.2) is 4.79 Å². The predicted molar refractivity (Wildman–Crippen MR) is 78.3 cm³/mol. The van der Waals surface area contributed by atoms with Crippen molar-refractivity contribution < 1.29 is 24.3 Å². The van der Waals surface area contributed by atoms with Crippen LogP contribution in [0.5, 0.6) is 0 Å². The van der Waals surface area contributed by atoms with E-state index in [4.69, 9.17) is 4.74 Å². The largest absolute Gasteiger partial charge is 0.464 e. The molecule has 0 bridgehead atoms. The molecular formula is C12H22N2O6S. The number of hydrogen-bond acceptors (Lipinski definition) is 7. The van der Waals surface area contributed by atoms with Crippen LogP contribution in [0.4, 0.5) is 0 Å². The molecular weight excluding hydrogens is 300 g/mol. The summed E-state index contributed by atoms with van der Waals surface area (Å²) in [6.45, 7) is 4.52. The highest BCUT2D eigenvalue weighted by atomic mass is 32.2. The van der Waals surface area contributed by atoms with E-state index in [0.717, 1.165) is 0 Å². The van der Waals surface area contributed by atoms with Gasteiger partial charge in [-0.1, -0.05) is 0 Å². The van der Waals surface area contributed by atoms with Crippen molar-refractivity contribution in [3.8, 4) is 0 Å². The zero-order chi connectivity index (χ0) is 16.5. The van der Waals surface area contributed by atoms with E-state index in [-0.39, 0.29) is 13.2 Å². The minimum atomic E-state index is -1.13. The standard InChI is InChI=1S/C12H22N2O6S/c1-5-19-10(15)9(6-7-21-4)13-11(16)12(2,3)8-20-14(17)18/h9H,5-8H2,1-4H3,(H,13,16). The highest BCUT2D eigenvalue weighted by molar-refractivity contribution is 7.98. The molecule has 1 unspecified atom stereocenters. The second kappa shape index (κ2) is 9.43. The van der Waals surface area contributed by atoms with E-state index in [0.29, 0.717) is 12.2 Å². The first kappa shape index (κ1) is 19.5. The Kier molecular flexibility index (Phi) is 8.75. The van der Waals surface area contributed by atoms with Crippen LogP contribution < -0.4 is 5.32 Å². The summed E-state index contributed by atoms with van der Waals surface area (Å²) in [5, 5.41) is 11.8. The minimum Gasteiger partial charge on any atom is -0.464 e. The molecule has 0 aromatic rings. The van der Waals surface area contributed by atoms with Crippen LogP contribution in [0.1, 0.15) is 27.2 Å². The van der Waals surface area contributed by atoms with E-state index in [1.165, 1.54) is 13.8 Å². The third kappa shape index (κ3) is 7.74. The highest BCUT2D eigenvalue weighted by Crippen LogP contribution is 2.17. The van der Waals surface area contributed by atoms with Crippen molar-refractivity contribution in [1.82, 2.24) is 5.32 Å². The fourth-order valence-corrected chi connectivity index (χ4v) is 1.83. The average Bonchev–Trinajstić information content (AvgIpc) is 2.41. The molecule has 21 heavy (non-hydrogen) atoms. The summed E-state index contributed by atoms with van der Waals surface area (Å²) in [4.78, 5) is 38.4. The third-order valence-electron chi connectivity index (χ3n) is 2.63. The normalized spacial score (nSPS) is 12.4. The highest BCUT2D eigenvalue weighted by Gasteiger charge is 2.33. The molecule has 9 heteroatoms. The molecule has 1 atom stereocenters. The molecule has 0 saturated carbocycles. The van der Waals surface area contributed by atoms with Crippen LogP contribution in [-0.4, -0.2) is 48.2 Å². The van der Waals surface area contributed by atoms with E-state index in [1.807, 2.05) is 6.26 Å². The maximum atomic E-state index is 12.1. The number of rotatable bonds is 10. The maximum Gasteiger partial charge on any atom is 0.328 e. The lowest BCUT2D eigenvalue weighted by Crippen LogP contribution is -2.49. The number of hydrogen-bond donors (Lipinski definition) is 1. The molecule has 0 radical (unpaired) electrons. The van der Waals surface area contributed by atoms with Crippen LogP contribution in [0.2, 0.25) is 0 Å². The minimum absolute atomic E-state index is 0.221. The monoisotopic (exact) mass is 322 g/mol. The summed E-state index contributed by atoms with van der Waals surface area (Å²) >= 11 is 1.54. The van der Waals surface area contributed by atoms with Gasteiger partial charge in [0.15, 0.2) is 0 Å². The Bertz CT molecular complexity index is 375. The fourth-order valence-electron chi connectivity index (χ4n) is 1.36. The first-order chi connectivity index (χ1) is 9.74. The van der Waals surface area contributed by atoms with Gasteiger partial charge in [-0.05, 0) is 39.2 Å². The van der Waals surface area contributed by atoms with Gasteiger partial charge in [0.1, 0.15) is 12.6 Å². The molecule has 1 amide bonds. The van der Waals surface area contributed by atoms with Crippen LogP contribution in [0.25, 0.3) is 0 Å². The van der Waals surface area contributed by atoms with E-state index in [9.17, 15) is 19.7 Å². The summed E-state index contributed by atoms with van der Waals surface area (Å²) in [7, 11) is 0. The lowest BCUT2D eigenvalue weighted by atomic mass is 9.93. The number of carbonyl (C=O) groups excluding carboxylic acids is 2. The molecule has 0 rings (SSSR count). The Labute approximate surface area is 128 Å². The lowest BCUT2D eigenvalue weighted by Gasteiger charge is -2.25. The molecule has 0 aliphatic heterocycles. The molecule has 1 N–H and O–H groups in total. The number of carbonyl (C=O) groups is 2. The molecule has 0 aromatic heterocycles. The van der Waals surface area contributed by atoms with Crippen molar-refractivity contribution in [3.05, 3.63) is 10.1 Å². The maximum absolute atomic E-state index is 12.1. The first-order valence-corrected chi connectivity index (χ1v) is 7.87. The van der Waals surface area contributed by atoms with Gasteiger partial charge in [0, 0.05) is 0 Å². The van der Waals surface area contributed by atoms with Gasteiger partial charge >= 0.3 is 5.97 Å². The molecule has 0 saturated heterocycles. The van der Waals surface area contributed by atoms with Crippen molar-refractivity contribution >= 4 is 23.6 Å². The summed E-state index contributed by atoms with van der Waals surface area (Å²) in [5.74, 6) is -0.329. The smallest absolute Gasteiger partial charge is 0.328 e. The van der Waals surface area contributed by atoms with E-state index in [1.54, 1.807) is 18.7 Å². The van der Waals surface area contributed by atoms with Gasteiger partial charge in [-0.2, -0.15) is 11.8 Å². The molecule has 0 aromatic carbocycles. The quantitative estimate of drug-likeness (QED) is 0.363. The van der Waals surface area contributed by atoms with Gasteiger partial charge in [-0.3, -0.25) is 4.79 Å². The molecule has 0 heterocycles. The summed E-state index contributed by atoms with van der Waals surface area (Å²) in [5.41, 5.74) is -1.13. The Morgan fingerprint density at radius 1 is 1.43 bits per heavy atom. The number of amides is 1. The number of thioether (sulfide) groups is 1. The second-order valence-corrected chi connectivity index (χ2v) is 5.93. The van der Waals surface area contributed by atoms with Crippen LogP contribution >= 0.6 is 11.8 Å². The topological polar surface area (TPSA) is 108 Å². The van der Waals surface area contributed by atoms with E-state index < -0.39 is 28.4 Å². The molecule has 0 aliphatic carbocycles. The fraction of sp³-hybridized carbons (Fsp3) is 0.833. The zero-order valence-electron chi connectivity index (χ0n) is 12.7. The van der Waals surface area contributed by atoms with E-state index >= 15 is 0 Å². The number of nitrogens with one attached hydrogen (secondary N) is 1. The summed E-state index contributed by atoms with van der Waals surface area (Å²) in [6.07, 6.45) is 2.32. The van der Waals surface area contributed by atoms with Crippen molar-refractivity contribution in [3.63, 3.8) is 0 Å². The van der Waals surface area contributed by atoms with Crippen LogP contribution in [0, 0.1) is 15.5 Å². The average molecular weight is 322 g/mol. The predicted octanol–water partition coefficient (Wildman–Crippen LogP) is 1.02. The van der Waals surface area contributed by atoms with Crippen LogP contribution in [0.15, 0.2) is 0 Å². The number of ether oxygens (including phenoxy) is 1. The third-order valence-corrected chi connectivity index (χ3v) is 3.28. The molecule has 0 fully saturated rings. The number of nitrogens with zero attached hydrogens (tertiary/aromatic N) is 1. The Morgan fingerprint density at radius 3 is 2.52 bits per heavy atom.